The van der Waals surface area contributed by atoms with Crippen molar-refractivity contribution in [1.82, 2.24) is 9.97 Å². The molecule has 1 aromatic carbocycles. The molecule has 0 aliphatic heterocycles. The van der Waals surface area contributed by atoms with Crippen LogP contribution < -0.4 is 5.32 Å². The largest absolute Gasteiger partial charge is 0.348 e. The molecule has 0 amide bonds. The van der Waals surface area contributed by atoms with Gasteiger partial charge in [0.25, 0.3) is 0 Å². The Hall–Kier alpha value is -1.44. The normalized spacial score (nSPS) is 10.4. The molecule has 1 heterocycles. The summed E-state index contributed by atoms with van der Waals surface area (Å²) in [5, 5.41) is 14.1. The summed E-state index contributed by atoms with van der Waals surface area (Å²) in [5.41, 5.74) is 1.02. The Labute approximate surface area is 132 Å². The van der Waals surface area contributed by atoms with Crippen LogP contribution in [-0.2, 0) is 0 Å². The third-order valence-electron chi connectivity index (χ3n) is 2.46. The number of benzene rings is 1. The van der Waals surface area contributed by atoms with Crippen molar-refractivity contribution in [3.05, 3.63) is 48.8 Å². The van der Waals surface area contributed by atoms with Crippen molar-refractivity contribution in [3.63, 3.8) is 0 Å². The highest BCUT2D eigenvalue weighted by Crippen LogP contribution is 2.35. The molecule has 0 aliphatic rings. The number of anilines is 2. The minimum atomic E-state index is -0.644. The first-order chi connectivity index (χ1) is 9.40. The van der Waals surface area contributed by atoms with Gasteiger partial charge in [-0.3, -0.25) is 10.1 Å². The summed E-state index contributed by atoms with van der Waals surface area (Å²) in [7, 11) is 0. The van der Waals surface area contributed by atoms with E-state index >= 15 is 0 Å². The quantitative estimate of drug-likeness (QED) is 0.483. The summed E-state index contributed by atoms with van der Waals surface area (Å²) in [6.07, 6.45) is 1.14. The number of nitro groups is 1. The Morgan fingerprint density at radius 2 is 2.05 bits per heavy atom. The smallest absolute Gasteiger partial charge is 0.333 e. The predicted molar refractivity (Wildman–Crippen MR) is 80.9 cm³/mol. The van der Waals surface area contributed by atoms with Gasteiger partial charge in [0.05, 0.1) is 10.6 Å². The molecule has 2 aromatic rings. The monoisotopic (exact) mass is 376 g/mol. The Kier molecular flexibility index (Phi) is 4.42. The standard InChI is InChI=1S/C11H7BrCl2N4O2/c1-5-2-6(12)8(3-7(5)13)17-11-9(18(19)20)10(14)15-4-16-11/h2-4H,1H3,(H,15,16,17). The van der Waals surface area contributed by atoms with Crippen molar-refractivity contribution in [3.8, 4) is 0 Å². The first-order valence-electron chi connectivity index (χ1n) is 5.27. The Bertz CT molecular complexity index is 696. The van der Waals surface area contributed by atoms with Gasteiger partial charge in [-0.1, -0.05) is 23.2 Å². The lowest BCUT2D eigenvalue weighted by molar-refractivity contribution is -0.384. The lowest BCUT2D eigenvalue weighted by Crippen LogP contribution is -2.02. The number of nitrogens with zero attached hydrogens (tertiary/aromatic N) is 3. The van der Waals surface area contributed by atoms with Crippen LogP contribution in [0.1, 0.15) is 5.56 Å². The van der Waals surface area contributed by atoms with Gasteiger partial charge < -0.3 is 5.32 Å². The molecule has 0 aliphatic carbocycles. The van der Waals surface area contributed by atoms with Crippen LogP contribution in [-0.4, -0.2) is 14.9 Å². The maximum absolute atomic E-state index is 11.0. The highest BCUT2D eigenvalue weighted by Gasteiger charge is 2.22. The highest BCUT2D eigenvalue weighted by atomic mass is 79.9. The van der Waals surface area contributed by atoms with Gasteiger partial charge in [-0.15, -0.1) is 0 Å². The maximum Gasteiger partial charge on any atom is 0.348 e. The van der Waals surface area contributed by atoms with Gasteiger partial charge in [0.2, 0.25) is 11.0 Å². The van der Waals surface area contributed by atoms with E-state index in [0.29, 0.717) is 15.2 Å². The SMILES string of the molecule is Cc1cc(Br)c(Nc2ncnc(Cl)c2[N+](=O)[O-])cc1Cl. The third-order valence-corrected chi connectivity index (χ3v) is 3.80. The van der Waals surface area contributed by atoms with Gasteiger partial charge in [0.15, 0.2) is 0 Å². The van der Waals surface area contributed by atoms with E-state index < -0.39 is 10.6 Å². The second-order valence-corrected chi connectivity index (χ2v) is 5.44. The topological polar surface area (TPSA) is 81.0 Å². The van der Waals surface area contributed by atoms with Gasteiger partial charge in [-0.05, 0) is 40.5 Å². The zero-order chi connectivity index (χ0) is 14.9. The van der Waals surface area contributed by atoms with Gasteiger partial charge in [0, 0.05) is 9.50 Å². The van der Waals surface area contributed by atoms with E-state index in [1.54, 1.807) is 12.1 Å². The van der Waals surface area contributed by atoms with Crippen LogP contribution in [0, 0.1) is 17.0 Å². The Morgan fingerprint density at radius 1 is 1.35 bits per heavy atom. The molecule has 0 atom stereocenters. The molecule has 0 unspecified atom stereocenters. The molecule has 104 valence electrons. The summed E-state index contributed by atoms with van der Waals surface area (Å²) in [4.78, 5) is 17.8. The maximum atomic E-state index is 11.0. The average Bonchev–Trinajstić information content (AvgIpc) is 2.35. The summed E-state index contributed by atoms with van der Waals surface area (Å²) >= 11 is 15.1. The number of rotatable bonds is 3. The third kappa shape index (κ3) is 3.00. The van der Waals surface area contributed by atoms with Crippen LogP contribution in [0.15, 0.2) is 22.9 Å². The lowest BCUT2D eigenvalue weighted by atomic mass is 10.2. The molecule has 1 N–H and O–H groups in total. The Morgan fingerprint density at radius 3 is 2.70 bits per heavy atom. The van der Waals surface area contributed by atoms with Gasteiger partial charge >= 0.3 is 5.69 Å². The first-order valence-corrected chi connectivity index (χ1v) is 6.82. The van der Waals surface area contributed by atoms with Crippen molar-refractivity contribution < 1.29 is 4.92 Å². The van der Waals surface area contributed by atoms with E-state index in [4.69, 9.17) is 23.2 Å². The van der Waals surface area contributed by atoms with Crippen LogP contribution >= 0.6 is 39.1 Å². The van der Waals surface area contributed by atoms with Crippen molar-refractivity contribution >= 4 is 56.3 Å². The predicted octanol–water partition coefficient (Wildman–Crippen LogP) is 4.51. The zero-order valence-electron chi connectivity index (χ0n) is 10.0. The van der Waals surface area contributed by atoms with Crippen LogP contribution in [0.4, 0.5) is 17.2 Å². The van der Waals surface area contributed by atoms with E-state index in [1.165, 1.54) is 0 Å². The van der Waals surface area contributed by atoms with Crippen LogP contribution in [0.25, 0.3) is 0 Å². The van der Waals surface area contributed by atoms with E-state index in [2.05, 4.69) is 31.2 Å². The fourth-order valence-corrected chi connectivity index (χ4v) is 2.40. The number of halogens is 3. The molecule has 2 rings (SSSR count). The molecule has 1 aromatic heterocycles. The van der Waals surface area contributed by atoms with E-state index in [0.717, 1.165) is 11.9 Å². The molecule has 0 radical (unpaired) electrons. The average molecular weight is 378 g/mol. The highest BCUT2D eigenvalue weighted by molar-refractivity contribution is 9.10. The number of nitrogens with one attached hydrogen (secondary N) is 1. The molecule has 0 fully saturated rings. The van der Waals surface area contributed by atoms with Gasteiger partial charge in [-0.2, -0.15) is 0 Å². The van der Waals surface area contributed by atoms with Crippen LogP contribution in [0.2, 0.25) is 10.2 Å². The number of hydrogen-bond donors (Lipinski definition) is 1. The lowest BCUT2D eigenvalue weighted by Gasteiger charge is -2.10. The zero-order valence-corrected chi connectivity index (χ0v) is 13.1. The minimum absolute atomic E-state index is 0.00406. The molecule has 20 heavy (non-hydrogen) atoms. The van der Waals surface area contributed by atoms with E-state index in [9.17, 15) is 10.1 Å². The number of hydrogen-bond acceptors (Lipinski definition) is 5. The molecule has 0 saturated carbocycles. The summed E-state index contributed by atoms with van der Waals surface area (Å²) in [5.74, 6) is -0.00406. The molecule has 9 heteroatoms. The summed E-state index contributed by atoms with van der Waals surface area (Å²) in [6.45, 7) is 1.85. The molecular formula is C11H7BrCl2N4O2. The summed E-state index contributed by atoms with van der Waals surface area (Å²) in [6, 6.07) is 3.43. The van der Waals surface area contributed by atoms with Crippen LogP contribution in [0.3, 0.4) is 0 Å². The molecule has 0 saturated heterocycles. The Balaban J connectivity index is 2.48. The second-order valence-electron chi connectivity index (χ2n) is 3.83. The van der Waals surface area contributed by atoms with Crippen molar-refractivity contribution in [2.45, 2.75) is 6.92 Å². The van der Waals surface area contributed by atoms with Crippen molar-refractivity contribution in [2.24, 2.45) is 0 Å². The fourth-order valence-electron chi connectivity index (χ4n) is 1.48. The molecular weight excluding hydrogens is 371 g/mol. The van der Waals surface area contributed by atoms with Crippen molar-refractivity contribution in [2.75, 3.05) is 5.32 Å². The summed E-state index contributed by atoms with van der Waals surface area (Å²) < 4.78 is 0.698. The van der Waals surface area contributed by atoms with Crippen molar-refractivity contribution in [1.29, 1.82) is 0 Å². The van der Waals surface area contributed by atoms with E-state index in [1.807, 2.05) is 6.92 Å². The minimum Gasteiger partial charge on any atom is -0.333 e. The molecule has 0 spiro atoms. The number of aryl methyl sites for hydroxylation is 1. The number of aromatic nitrogens is 2. The molecule has 0 bridgehead atoms. The van der Waals surface area contributed by atoms with Gasteiger partial charge in [0.1, 0.15) is 6.33 Å². The van der Waals surface area contributed by atoms with E-state index in [-0.39, 0.29) is 11.0 Å². The second kappa shape index (κ2) is 5.90. The fraction of sp³-hybridized carbons (Fsp3) is 0.0909. The van der Waals surface area contributed by atoms with Crippen LogP contribution in [0.5, 0.6) is 0 Å². The first kappa shape index (κ1) is 15.0. The molecule has 6 nitrogen and oxygen atoms in total. The van der Waals surface area contributed by atoms with Gasteiger partial charge in [-0.25, -0.2) is 9.97 Å².